The van der Waals surface area contributed by atoms with Crippen molar-refractivity contribution in [3.63, 3.8) is 0 Å². The molecule has 2 unspecified atom stereocenters. The van der Waals surface area contributed by atoms with Gasteiger partial charge in [-0.2, -0.15) is 0 Å². The van der Waals surface area contributed by atoms with Crippen LogP contribution in [0.2, 0.25) is 0 Å². The third kappa shape index (κ3) is 5.70. The molecule has 2 atom stereocenters. The summed E-state index contributed by atoms with van der Waals surface area (Å²) in [6.45, 7) is 5.76. The van der Waals surface area contributed by atoms with Crippen LogP contribution in [-0.4, -0.2) is 38.1 Å². The fraction of sp³-hybridized carbons (Fsp3) is 1.00. The molecular weight excluding hydrogens is 272 g/mol. The Morgan fingerprint density at radius 1 is 1.25 bits per heavy atom. The van der Waals surface area contributed by atoms with Gasteiger partial charge in [0.15, 0.2) is 0 Å². The summed E-state index contributed by atoms with van der Waals surface area (Å²) in [5.74, 6) is 1.03. The van der Waals surface area contributed by atoms with Gasteiger partial charge in [0.05, 0.1) is 6.26 Å². The van der Waals surface area contributed by atoms with Crippen molar-refractivity contribution >= 4 is 10.0 Å². The second-order valence-corrected chi connectivity index (χ2v) is 8.35. The maximum atomic E-state index is 11.7. The van der Waals surface area contributed by atoms with Crippen LogP contribution >= 0.6 is 0 Å². The normalized spacial score (nSPS) is 23.1. The van der Waals surface area contributed by atoms with Gasteiger partial charge in [0, 0.05) is 19.1 Å². The predicted molar refractivity (Wildman–Crippen MR) is 85.0 cm³/mol. The Balaban J connectivity index is 2.53. The molecule has 1 aliphatic rings. The summed E-state index contributed by atoms with van der Waals surface area (Å²) >= 11 is 0. The van der Waals surface area contributed by atoms with Gasteiger partial charge >= 0.3 is 0 Å². The van der Waals surface area contributed by atoms with Crippen LogP contribution < -0.4 is 5.73 Å². The van der Waals surface area contributed by atoms with Crippen molar-refractivity contribution in [1.82, 2.24) is 4.31 Å². The SMILES string of the molecule is CCCC(CCC)C(N)CC1CCCN(S(C)(=O)=O)C1. The summed E-state index contributed by atoms with van der Waals surface area (Å²) in [4.78, 5) is 0. The summed E-state index contributed by atoms with van der Waals surface area (Å²) in [7, 11) is -3.04. The van der Waals surface area contributed by atoms with Gasteiger partial charge in [-0.1, -0.05) is 26.7 Å². The zero-order valence-corrected chi connectivity index (χ0v) is 14.2. The van der Waals surface area contributed by atoms with E-state index in [4.69, 9.17) is 5.73 Å². The molecule has 0 aromatic rings. The second kappa shape index (κ2) is 8.35. The van der Waals surface area contributed by atoms with E-state index in [-0.39, 0.29) is 6.04 Å². The van der Waals surface area contributed by atoms with Gasteiger partial charge < -0.3 is 5.73 Å². The number of nitrogens with two attached hydrogens (primary N) is 1. The fourth-order valence-corrected chi connectivity index (χ4v) is 4.35. The molecule has 2 N–H and O–H groups in total. The molecule has 5 heteroatoms. The summed E-state index contributed by atoms with van der Waals surface area (Å²) in [5.41, 5.74) is 6.41. The first-order valence-corrected chi connectivity index (χ1v) is 9.94. The van der Waals surface area contributed by atoms with Gasteiger partial charge in [0.2, 0.25) is 10.0 Å². The summed E-state index contributed by atoms with van der Waals surface area (Å²) in [6.07, 6.45) is 9.11. The molecule has 1 aliphatic heterocycles. The van der Waals surface area contributed by atoms with Crippen molar-refractivity contribution < 1.29 is 8.42 Å². The molecule has 4 nitrogen and oxygen atoms in total. The van der Waals surface area contributed by atoms with E-state index in [1.54, 1.807) is 4.31 Å². The van der Waals surface area contributed by atoms with Crippen molar-refractivity contribution in [1.29, 1.82) is 0 Å². The Morgan fingerprint density at radius 3 is 2.35 bits per heavy atom. The molecule has 0 radical (unpaired) electrons. The quantitative estimate of drug-likeness (QED) is 0.749. The molecule has 0 aromatic heterocycles. The van der Waals surface area contributed by atoms with Crippen LogP contribution in [0.15, 0.2) is 0 Å². The number of hydrogen-bond donors (Lipinski definition) is 1. The lowest BCUT2D eigenvalue weighted by molar-refractivity contribution is 0.222. The molecule has 0 aliphatic carbocycles. The Bertz CT molecular complexity index is 364. The van der Waals surface area contributed by atoms with E-state index < -0.39 is 10.0 Å². The maximum Gasteiger partial charge on any atom is 0.211 e. The third-order valence-corrected chi connectivity index (χ3v) is 5.75. The lowest BCUT2D eigenvalue weighted by Gasteiger charge is -2.34. The van der Waals surface area contributed by atoms with E-state index in [1.165, 1.54) is 31.9 Å². The van der Waals surface area contributed by atoms with Gasteiger partial charge in [-0.25, -0.2) is 12.7 Å². The fourth-order valence-electron chi connectivity index (χ4n) is 3.41. The van der Waals surface area contributed by atoms with E-state index in [0.29, 0.717) is 24.9 Å². The topological polar surface area (TPSA) is 63.4 Å². The first-order valence-electron chi connectivity index (χ1n) is 8.09. The highest BCUT2D eigenvalue weighted by atomic mass is 32.2. The molecule has 1 fully saturated rings. The third-order valence-electron chi connectivity index (χ3n) is 4.48. The van der Waals surface area contributed by atoms with Crippen molar-refractivity contribution in [2.75, 3.05) is 19.3 Å². The number of rotatable bonds is 8. The first kappa shape index (κ1) is 17.9. The van der Waals surface area contributed by atoms with Gasteiger partial charge in [-0.3, -0.25) is 0 Å². The smallest absolute Gasteiger partial charge is 0.211 e. The van der Waals surface area contributed by atoms with E-state index >= 15 is 0 Å². The van der Waals surface area contributed by atoms with Crippen LogP contribution in [0.1, 0.15) is 58.8 Å². The molecule has 120 valence electrons. The minimum atomic E-state index is -3.04. The van der Waals surface area contributed by atoms with Gasteiger partial charge in [-0.15, -0.1) is 0 Å². The largest absolute Gasteiger partial charge is 0.327 e. The Kier molecular flexibility index (Phi) is 7.48. The van der Waals surface area contributed by atoms with Crippen LogP contribution in [0, 0.1) is 11.8 Å². The molecular formula is C15H32N2O2S. The van der Waals surface area contributed by atoms with Crippen LogP contribution in [-0.2, 0) is 10.0 Å². The molecule has 0 aromatic carbocycles. The van der Waals surface area contributed by atoms with Crippen molar-refractivity contribution in [2.24, 2.45) is 17.6 Å². The average molecular weight is 305 g/mol. The minimum Gasteiger partial charge on any atom is -0.327 e. The van der Waals surface area contributed by atoms with E-state index in [1.807, 2.05) is 0 Å². The van der Waals surface area contributed by atoms with Gasteiger partial charge in [0.1, 0.15) is 0 Å². The van der Waals surface area contributed by atoms with Gasteiger partial charge in [0.25, 0.3) is 0 Å². The standard InChI is InChI=1S/C15H32N2O2S/c1-4-7-14(8-5-2)15(16)11-13-9-6-10-17(12-13)20(3,18)19/h13-15H,4-12,16H2,1-3H3. The number of hydrogen-bond acceptors (Lipinski definition) is 3. The lowest BCUT2D eigenvalue weighted by atomic mass is 9.83. The molecule has 0 spiro atoms. The molecule has 1 rings (SSSR count). The monoisotopic (exact) mass is 304 g/mol. The highest BCUT2D eigenvalue weighted by Gasteiger charge is 2.28. The van der Waals surface area contributed by atoms with E-state index in [2.05, 4.69) is 13.8 Å². The van der Waals surface area contributed by atoms with Crippen molar-refractivity contribution in [2.45, 2.75) is 64.8 Å². The van der Waals surface area contributed by atoms with Crippen LogP contribution in [0.4, 0.5) is 0 Å². The zero-order valence-electron chi connectivity index (χ0n) is 13.3. The Hall–Kier alpha value is -0.130. The highest BCUT2D eigenvalue weighted by molar-refractivity contribution is 7.88. The highest BCUT2D eigenvalue weighted by Crippen LogP contribution is 2.27. The molecule has 1 saturated heterocycles. The maximum absolute atomic E-state index is 11.7. The molecule has 20 heavy (non-hydrogen) atoms. The predicted octanol–water partition coefficient (Wildman–Crippen LogP) is 2.59. The van der Waals surface area contributed by atoms with Crippen LogP contribution in [0.3, 0.4) is 0 Å². The number of nitrogens with zero attached hydrogens (tertiary/aromatic N) is 1. The lowest BCUT2D eigenvalue weighted by Crippen LogP contribution is -2.42. The van der Waals surface area contributed by atoms with Crippen molar-refractivity contribution in [3.05, 3.63) is 0 Å². The number of piperidine rings is 1. The zero-order chi connectivity index (χ0) is 15.2. The molecule has 0 bridgehead atoms. The average Bonchev–Trinajstić information content (AvgIpc) is 2.38. The van der Waals surface area contributed by atoms with Crippen molar-refractivity contribution in [3.8, 4) is 0 Å². The summed E-state index contributed by atoms with van der Waals surface area (Å²) in [5, 5.41) is 0. The minimum absolute atomic E-state index is 0.222. The van der Waals surface area contributed by atoms with E-state index in [0.717, 1.165) is 19.3 Å². The summed E-state index contributed by atoms with van der Waals surface area (Å²) < 4.78 is 24.9. The summed E-state index contributed by atoms with van der Waals surface area (Å²) in [6, 6.07) is 0.222. The molecule has 0 amide bonds. The van der Waals surface area contributed by atoms with Crippen LogP contribution in [0.25, 0.3) is 0 Å². The van der Waals surface area contributed by atoms with Crippen LogP contribution in [0.5, 0.6) is 0 Å². The Morgan fingerprint density at radius 2 is 1.85 bits per heavy atom. The number of sulfonamides is 1. The molecule has 1 heterocycles. The second-order valence-electron chi connectivity index (χ2n) is 6.37. The van der Waals surface area contributed by atoms with Gasteiger partial charge in [-0.05, 0) is 43.9 Å². The van der Waals surface area contributed by atoms with E-state index in [9.17, 15) is 8.42 Å². The first-order chi connectivity index (χ1) is 9.38. The Labute approximate surface area is 125 Å². The molecule has 0 saturated carbocycles.